The minimum Gasteiger partial charge on any atom is -0.339 e. The van der Waals surface area contributed by atoms with Gasteiger partial charge in [-0.05, 0) is 112 Å². The molecular formula is C34H36FN5O2S. The molecule has 3 aromatic heterocycles. The number of hydrogen-bond acceptors (Lipinski definition) is 7. The highest BCUT2D eigenvalue weighted by molar-refractivity contribution is 7.18. The third-order valence-electron chi connectivity index (χ3n) is 11.5. The molecule has 7 nitrogen and oxygen atoms in total. The molecule has 222 valence electrons. The average molecular weight is 598 g/mol. The molecule has 3 heterocycles. The predicted molar refractivity (Wildman–Crippen MR) is 163 cm³/mol. The van der Waals surface area contributed by atoms with E-state index in [9.17, 15) is 9.18 Å². The number of aromatic nitrogens is 4. The number of thiazole rings is 1. The maximum Gasteiger partial charge on any atom is 0.232 e. The molecule has 0 unspecified atom stereocenters. The fraction of sp³-hybridized carbons (Fsp3) is 0.559. The van der Waals surface area contributed by atoms with E-state index in [0.717, 1.165) is 82.4 Å². The molecule has 1 amide bonds. The van der Waals surface area contributed by atoms with Crippen molar-refractivity contribution in [2.75, 3.05) is 11.4 Å². The smallest absolute Gasteiger partial charge is 0.232 e. The summed E-state index contributed by atoms with van der Waals surface area (Å²) in [4.78, 5) is 30.2. The number of alkyl halides is 1. The molecule has 7 aliphatic rings. The molecule has 0 radical (unpaired) electrons. The lowest BCUT2D eigenvalue weighted by atomic mass is 9.41. The van der Waals surface area contributed by atoms with Gasteiger partial charge in [0.15, 0.2) is 11.5 Å². The molecule has 0 saturated heterocycles. The summed E-state index contributed by atoms with van der Waals surface area (Å²) in [6.45, 7) is 2.70. The van der Waals surface area contributed by atoms with Gasteiger partial charge in [-0.15, -0.1) is 11.3 Å². The van der Waals surface area contributed by atoms with Crippen molar-refractivity contribution in [3.8, 4) is 11.1 Å². The van der Waals surface area contributed by atoms with Crippen LogP contribution >= 0.6 is 11.3 Å². The Kier molecular flexibility index (Phi) is 5.44. The van der Waals surface area contributed by atoms with Gasteiger partial charge in [0.25, 0.3) is 0 Å². The van der Waals surface area contributed by atoms with E-state index in [1.54, 1.807) is 11.3 Å². The number of benzene rings is 1. The lowest BCUT2D eigenvalue weighted by Gasteiger charge is -2.66. The van der Waals surface area contributed by atoms with Crippen molar-refractivity contribution in [1.82, 2.24) is 20.1 Å². The standard InChI is InChI=1S/C34H36FN5O2S/c1-21-37-29-26(43-21)14-24(16-36-29)23-3-2-4-25(13-23)40(27(41)15-32-17-34(35,18-32)19-32)20-31-7-10-33(11-8-31,12-9-31)30-38-28(39-42-30)22-5-6-22/h2-4,13-14,16,22H,5-12,15,17-20H2,1H3. The molecule has 43 heavy (non-hydrogen) atoms. The van der Waals surface area contributed by atoms with Gasteiger partial charge in [-0.25, -0.2) is 14.4 Å². The summed E-state index contributed by atoms with van der Waals surface area (Å²) < 4.78 is 21.3. The summed E-state index contributed by atoms with van der Waals surface area (Å²) in [5, 5.41) is 5.33. The largest absolute Gasteiger partial charge is 0.339 e. The lowest BCUT2D eigenvalue weighted by molar-refractivity contribution is -0.215. The van der Waals surface area contributed by atoms with Gasteiger partial charge in [0.05, 0.1) is 9.71 Å². The number of aryl methyl sites for hydroxylation is 1. The van der Waals surface area contributed by atoms with E-state index in [0.29, 0.717) is 38.1 Å². The molecule has 0 N–H and O–H groups in total. The molecule has 4 aromatic rings. The molecule has 7 saturated carbocycles. The van der Waals surface area contributed by atoms with Crippen molar-refractivity contribution >= 4 is 33.3 Å². The highest BCUT2D eigenvalue weighted by Gasteiger charge is 2.69. The quantitative estimate of drug-likeness (QED) is 0.206. The fourth-order valence-corrected chi connectivity index (χ4v) is 9.67. The Morgan fingerprint density at radius 1 is 1.02 bits per heavy atom. The molecule has 4 bridgehead atoms. The SMILES string of the molecule is Cc1nc2ncc(-c3cccc(N(CC45CCC(c6nc(C7CC7)no6)(CC4)CC5)C(=O)CC45CC(F)(C4)C5)c3)cc2s1. The Hall–Kier alpha value is -3.20. The van der Waals surface area contributed by atoms with Gasteiger partial charge >= 0.3 is 0 Å². The van der Waals surface area contributed by atoms with Gasteiger partial charge < -0.3 is 9.42 Å². The van der Waals surface area contributed by atoms with Crippen LogP contribution in [0, 0.1) is 17.8 Å². The van der Waals surface area contributed by atoms with Gasteiger partial charge in [0, 0.05) is 41.7 Å². The van der Waals surface area contributed by atoms with Gasteiger partial charge in [0.2, 0.25) is 11.8 Å². The highest BCUT2D eigenvalue weighted by Crippen LogP contribution is 2.71. The second-order valence-corrected chi connectivity index (χ2v) is 15.9. The van der Waals surface area contributed by atoms with Crippen LogP contribution in [-0.4, -0.2) is 38.2 Å². The maximum absolute atomic E-state index is 14.4. The predicted octanol–water partition coefficient (Wildman–Crippen LogP) is 7.83. The number of anilines is 1. The average Bonchev–Trinajstić information content (AvgIpc) is 3.58. The molecule has 0 spiro atoms. The number of fused-ring (bicyclic) bond motifs is 4. The highest BCUT2D eigenvalue weighted by atomic mass is 32.1. The van der Waals surface area contributed by atoms with Crippen molar-refractivity contribution in [2.24, 2.45) is 10.8 Å². The van der Waals surface area contributed by atoms with Crippen molar-refractivity contribution in [3.05, 3.63) is 53.3 Å². The van der Waals surface area contributed by atoms with E-state index < -0.39 is 5.67 Å². The van der Waals surface area contributed by atoms with E-state index in [-0.39, 0.29) is 22.2 Å². The minimum atomic E-state index is -1.01. The maximum atomic E-state index is 14.4. The molecule has 0 aliphatic heterocycles. The Morgan fingerprint density at radius 3 is 2.51 bits per heavy atom. The molecular weight excluding hydrogens is 561 g/mol. The fourth-order valence-electron chi connectivity index (χ4n) is 8.84. The van der Waals surface area contributed by atoms with Crippen LogP contribution in [-0.2, 0) is 10.2 Å². The zero-order valence-corrected chi connectivity index (χ0v) is 25.4. The van der Waals surface area contributed by atoms with Gasteiger partial charge in [-0.1, -0.05) is 17.3 Å². The first-order chi connectivity index (χ1) is 20.7. The van der Waals surface area contributed by atoms with E-state index >= 15 is 0 Å². The summed E-state index contributed by atoms with van der Waals surface area (Å²) >= 11 is 1.65. The first-order valence-corrected chi connectivity index (χ1v) is 16.7. The number of carbonyl (C=O) groups is 1. The van der Waals surface area contributed by atoms with Crippen LogP contribution in [0.4, 0.5) is 10.1 Å². The Bertz CT molecular complexity index is 1730. The van der Waals surface area contributed by atoms with E-state index in [4.69, 9.17) is 9.51 Å². The zero-order valence-electron chi connectivity index (χ0n) is 24.6. The van der Waals surface area contributed by atoms with E-state index in [1.165, 1.54) is 12.8 Å². The first kappa shape index (κ1) is 26.2. The van der Waals surface area contributed by atoms with Crippen LogP contribution in [0.5, 0.6) is 0 Å². The number of carbonyl (C=O) groups excluding carboxylic acids is 1. The number of halogens is 1. The number of amides is 1. The third kappa shape index (κ3) is 4.28. The van der Waals surface area contributed by atoms with E-state index in [1.807, 2.05) is 24.1 Å². The zero-order chi connectivity index (χ0) is 29.0. The van der Waals surface area contributed by atoms with E-state index in [2.05, 4.69) is 39.4 Å². The Morgan fingerprint density at radius 2 is 1.79 bits per heavy atom. The third-order valence-corrected chi connectivity index (χ3v) is 12.4. The van der Waals surface area contributed by atoms with Crippen LogP contribution in [0.2, 0.25) is 0 Å². The number of rotatable bonds is 8. The summed E-state index contributed by atoms with van der Waals surface area (Å²) in [5.74, 6) is 2.36. The van der Waals surface area contributed by atoms with Crippen molar-refractivity contribution < 1.29 is 13.7 Å². The second-order valence-electron chi connectivity index (χ2n) is 14.7. The summed E-state index contributed by atoms with van der Waals surface area (Å²) in [7, 11) is 0. The van der Waals surface area contributed by atoms with Crippen molar-refractivity contribution in [3.63, 3.8) is 0 Å². The van der Waals surface area contributed by atoms with Crippen LogP contribution in [0.3, 0.4) is 0 Å². The molecule has 1 aromatic carbocycles. The van der Waals surface area contributed by atoms with Crippen LogP contribution in [0.1, 0.15) is 99.7 Å². The number of hydrogen-bond donors (Lipinski definition) is 0. The van der Waals surface area contributed by atoms with Gasteiger partial charge in [-0.2, -0.15) is 4.98 Å². The lowest BCUT2D eigenvalue weighted by Crippen LogP contribution is -2.65. The summed E-state index contributed by atoms with van der Waals surface area (Å²) in [6, 6.07) is 10.5. The molecule has 11 rings (SSSR count). The molecule has 9 heteroatoms. The minimum absolute atomic E-state index is 0.0153. The first-order valence-electron chi connectivity index (χ1n) is 15.9. The van der Waals surface area contributed by atoms with Crippen LogP contribution < -0.4 is 4.90 Å². The molecule has 7 aliphatic carbocycles. The number of nitrogens with zero attached hydrogens (tertiary/aromatic N) is 5. The summed E-state index contributed by atoms with van der Waals surface area (Å²) in [6.07, 6.45) is 12.5. The van der Waals surface area contributed by atoms with Gasteiger partial charge in [-0.3, -0.25) is 4.79 Å². The number of pyridine rings is 1. The normalized spacial score (nSPS) is 32.4. The monoisotopic (exact) mass is 597 g/mol. The van der Waals surface area contributed by atoms with Crippen LogP contribution in [0.15, 0.2) is 41.1 Å². The molecule has 0 atom stereocenters. The molecule has 7 fully saturated rings. The van der Waals surface area contributed by atoms with Crippen molar-refractivity contribution in [2.45, 2.75) is 101 Å². The second kappa shape index (κ2) is 8.93. The Labute approximate surface area is 254 Å². The summed E-state index contributed by atoms with van der Waals surface area (Å²) in [5.41, 5.74) is 2.67. The van der Waals surface area contributed by atoms with Crippen LogP contribution in [0.25, 0.3) is 21.5 Å². The van der Waals surface area contributed by atoms with Gasteiger partial charge in [0.1, 0.15) is 5.67 Å². The Balaban J connectivity index is 0.999. The van der Waals surface area contributed by atoms with Crippen molar-refractivity contribution in [1.29, 1.82) is 0 Å². The topological polar surface area (TPSA) is 85.0 Å².